The van der Waals surface area contributed by atoms with E-state index < -0.39 is 40.7 Å². The molecule has 0 amide bonds. The molecule has 0 radical (unpaired) electrons. The minimum Gasteiger partial charge on any atom is -0.480 e. The SMILES string of the molecule is CC(C(=O)O)(C(=O)O)C(C(=O)O)(C(=O)O)C(=O)O. The molecule has 0 spiro atoms. The molecule has 10 nitrogen and oxygen atoms in total. The molecule has 0 rings (SSSR count). The summed E-state index contributed by atoms with van der Waals surface area (Å²) in [5.74, 6) is -12.6. The molecule has 0 fully saturated rings. The summed E-state index contributed by atoms with van der Waals surface area (Å²) < 4.78 is 0. The Bertz CT molecular complexity index is 397. The van der Waals surface area contributed by atoms with E-state index >= 15 is 0 Å². The maximum Gasteiger partial charge on any atom is 0.334 e. The fraction of sp³-hybridized carbons (Fsp3) is 0.375. The lowest BCUT2D eigenvalue weighted by atomic mass is 9.63. The number of aliphatic carboxylic acids is 5. The van der Waals surface area contributed by atoms with Crippen LogP contribution in [0.3, 0.4) is 0 Å². The van der Waals surface area contributed by atoms with Crippen LogP contribution in [0.25, 0.3) is 0 Å². The van der Waals surface area contributed by atoms with Gasteiger partial charge in [-0.3, -0.25) is 24.0 Å². The summed E-state index contributed by atoms with van der Waals surface area (Å²) in [6.07, 6.45) is 0. The smallest absolute Gasteiger partial charge is 0.334 e. The lowest BCUT2D eigenvalue weighted by Crippen LogP contribution is -2.63. The van der Waals surface area contributed by atoms with Crippen molar-refractivity contribution in [3.05, 3.63) is 0 Å². The van der Waals surface area contributed by atoms with Gasteiger partial charge in [0.05, 0.1) is 0 Å². The van der Waals surface area contributed by atoms with Gasteiger partial charge in [-0.05, 0) is 6.92 Å². The van der Waals surface area contributed by atoms with Crippen LogP contribution in [-0.4, -0.2) is 55.4 Å². The van der Waals surface area contributed by atoms with Gasteiger partial charge in [0.1, 0.15) is 0 Å². The highest BCUT2D eigenvalue weighted by atomic mass is 16.4. The fourth-order valence-corrected chi connectivity index (χ4v) is 1.33. The lowest BCUT2D eigenvalue weighted by molar-refractivity contribution is -0.200. The molecular formula is C8H8O10. The van der Waals surface area contributed by atoms with Gasteiger partial charge in [0.25, 0.3) is 5.41 Å². The Kier molecular flexibility index (Phi) is 3.68. The third-order valence-corrected chi connectivity index (χ3v) is 2.57. The number of carbonyl (C=O) groups is 5. The van der Waals surface area contributed by atoms with Crippen LogP contribution in [0.15, 0.2) is 0 Å². The van der Waals surface area contributed by atoms with Gasteiger partial charge in [0.2, 0.25) is 0 Å². The predicted octanol–water partition coefficient (Wildman–Crippen LogP) is -1.60. The van der Waals surface area contributed by atoms with Crippen LogP contribution >= 0.6 is 0 Å². The predicted molar refractivity (Wildman–Crippen MR) is 48.7 cm³/mol. The maximum absolute atomic E-state index is 10.9. The van der Waals surface area contributed by atoms with E-state index in [1.165, 1.54) is 0 Å². The molecule has 0 aliphatic heterocycles. The molecule has 0 unspecified atom stereocenters. The molecule has 0 saturated heterocycles. The molecule has 0 bridgehead atoms. The molecule has 100 valence electrons. The van der Waals surface area contributed by atoms with Gasteiger partial charge >= 0.3 is 29.8 Å². The van der Waals surface area contributed by atoms with E-state index in [1.807, 2.05) is 0 Å². The van der Waals surface area contributed by atoms with Crippen LogP contribution in [0.5, 0.6) is 0 Å². The van der Waals surface area contributed by atoms with Crippen molar-refractivity contribution in [2.45, 2.75) is 6.92 Å². The summed E-state index contributed by atoms with van der Waals surface area (Å²) in [4.78, 5) is 54.3. The fourth-order valence-electron chi connectivity index (χ4n) is 1.33. The number of hydrogen-bond acceptors (Lipinski definition) is 5. The summed E-state index contributed by atoms with van der Waals surface area (Å²) in [5, 5.41) is 43.6. The van der Waals surface area contributed by atoms with Gasteiger partial charge in [0, 0.05) is 0 Å². The van der Waals surface area contributed by atoms with Gasteiger partial charge in [-0.15, -0.1) is 0 Å². The third-order valence-electron chi connectivity index (χ3n) is 2.57. The van der Waals surface area contributed by atoms with Crippen LogP contribution < -0.4 is 0 Å². The van der Waals surface area contributed by atoms with Crippen molar-refractivity contribution in [3.8, 4) is 0 Å². The summed E-state index contributed by atoms with van der Waals surface area (Å²) >= 11 is 0. The minimum atomic E-state index is -4.05. The topological polar surface area (TPSA) is 186 Å². The van der Waals surface area contributed by atoms with E-state index in [-0.39, 0.29) is 6.92 Å². The van der Waals surface area contributed by atoms with Crippen molar-refractivity contribution in [2.24, 2.45) is 10.8 Å². The highest BCUT2D eigenvalue weighted by molar-refractivity contribution is 6.24. The van der Waals surface area contributed by atoms with E-state index in [1.54, 1.807) is 0 Å². The van der Waals surface area contributed by atoms with E-state index in [2.05, 4.69) is 0 Å². The average molecular weight is 264 g/mol. The van der Waals surface area contributed by atoms with Gasteiger partial charge in [0.15, 0.2) is 5.41 Å². The first-order chi connectivity index (χ1) is 7.97. The van der Waals surface area contributed by atoms with Crippen molar-refractivity contribution in [2.75, 3.05) is 0 Å². The van der Waals surface area contributed by atoms with Crippen LogP contribution in [-0.2, 0) is 24.0 Å². The highest BCUT2D eigenvalue weighted by Crippen LogP contribution is 2.41. The summed E-state index contributed by atoms with van der Waals surface area (Å²) in [7, 11) is 0. The van der Waals surface area contributed by atoms with E-state index in [0.717, 1.165) is 0 Å². The number of carboxylic acid groups (broad SMARTS) is 5. The van der Waals surface area contributed by atoms with E-state index in [9.17, 15) is 24.0 Å². The average Bonchev–Trinajstić information content (AvgIpc) is 2.15. The first-order valence-corrected chi connectivity index (χ1v) is 4.14. The van der Waals surface area contributed by atoms with Crippen molar-refractivity contribution >= 4 is 29.8 Å². The zero-order chi connectivity index (χ0) is 14.9. The van der Waals surface area contributed by atoms with Crippen molar-refractivity contribution in [3.63, 3.8) is 0 Å². The quantitative estimate of drug-likeness (QED) is 0.349. The second-order valence-corrected chi connectivity index (χ2v) is 3.40. The zero-order valence-corrected chi connectivity index (χ0v) is 8.78. The Hall–Kier alpha value is -2.65. The van der Waals surface area contributed by atoms with Crippen LogP contribution in [0.1, 0.15) is 6.92 Å². The molecule has 0 aliphatic rings. The molecule has 0 aromatic heterocycles. The summed E-state index contributed by atoms with van der Waals surface area (Å²) in [6.45, 7) is 0.202. The van der Waals surface area contributed by atoms with E-state index in [4.69, 9.17) is 25.5 Å². The van der Waals surface area contributed by atoms with Crippen molar-refractivity contribution < 1.29 is 49.5 Å². The Morgan fingerprint density at radius 1 is 0.611 bits per heavy atom. The Balaban J connectivity index is 6.60. The molecular weight excluding hydrogens is 256 g/mol. The van der Waals surface area contributed by atoms with Crippen molar-refractivity contribution in [1.82, 2.24) is 0 Å². The first-order valence-electron chi connectivity index (χ1n) is 4.14. The maximum atomic E-state index is 10.9. The number of carboxylic acids is 5. The molecule has 5 N–H and O–H groups in total. The minimum absolute atomic E-state index is 0.202. The standard InChI is InChI=1S/C8H8O10/c1-7(2(9)10,3(11)12)8(4(13)14,5(15)16)6(17)18/h1H3,(H,9,10)(H,11,12)(H,13,14)(H,15,16)(H,17,18). The first kappa shape index (κ1) is 15.3. The summed E-state index contributed by atoms with van der Waals surface area (Å²) in [5.41, 5.74) is -7.64. The Morgan fingerprint density at radius 3 is 0.889 bits per heavy atom. The number of rotatable bonds is 6. The zero-order valence-electron chi connectivity index (χ0n) is 8.78. The summed E-state index contributed by atoms with van der Waals surface area (Å²) in [6, 6.07) is 0. The third kappa shape index (κ3) is 1.54. The molecule has 0 atom stereocenters. The molecule has 0 heterocycles. The normalized spacial score (nSPS) is 11.6. The van der Waals surface area contributed by atoms with Crippen LogP contribution in [0.2, 0.25) is 0 Å². The van der Waals surface area contributed by atoms with Crippen LogP contribution in [0, 0.1) is 10.8 Å². The second kappa shape index (κ2) is 4.31. The van der Waals surface area contributed by atoms with Gasteiger partial charge in [-0.1, -0.05) is 0 Å². The van der Waals surface area contributed by atoms with Gasteiger partial charge in [-0.2, -0.15) is 0 Å². The molecule has 10 heteroatoms. The number of hydrogen-bond donors (Lipinski definition) is 5. The monoisotopic (exact) mass is 264 g/mol. The molecule has 0 aromatic carbocycles. The van der Waals surface area contributed by atoms with E-state index in [0.29, 0.717) is 0 Å². The van der Waals surface area contributed by atoms with Crippen molar-refractivity contribution in [1.29, 1.82) is 0 Å². The molecule has 0 aromatic rings. The van der Waals surface area contributed by atoms with Crippen LogP contribution in [0.4, 0.5) is 0 Å². The Labute approximate surface area is 98.1 Å². The molecule has 18 heavy (non-hydrogen) atoms. The molecule has 0 saturated carbocycles. The van der Waals surface area contributed by atoms with Gasteiger partial charge < -0.3 is 25.5 Å². The second-order valence-electron chi connectivity index (χ2n) is 3.40. The lowest BCUT2D eigenvalue weighted by Gasteiger charge is -2.32. The van der Waals surface area contributed by atoms with Gasteiger partial charge in [-0.25, -0.2) is 0 Å². The molecule has 0 aliphatic carbocycles. The Morgan fingerprint density at radius 2 is 0.833 bits per heavy atom. The largest absolute Gasteiger partial charge is 0.480 e. The highest BCUT2D eigenvalue weighted by Gasteiger charge is 2.74.